The summed E-state index contributed by atoms with van der Waals surface area (Å²) in [6, 6.07) is 8.18. The Balaban J connectivity index is 2.51. The van der Waals surface area contributed by atoms with Crippen LogP contribution in [0.25, 0.3) is 0 Å². The zero-order valence-electron chi connectivity index (χ0n) is 7.88. The van der Waals surface area contributed by atoms with Crippen molar-refractivity contribution in [3.63, 3.8) is 0 Å². The van der Waals surface area contributed by atoms with Crippen LogP contribution in [0.15, 0.2) is 22.7 Å². The number of benzene rings is 1. The van der Waals surface area contributed by atoms with E-state index < -0.39 is 0 Å². The van der Waals surface area contributed by atoms with Crippen LogP contribution < -0.4 is 4.74 Å². The zero-order chi connectivity index (χ0) is 10.2. The van der Waals surface area contributed by atoms with Crippen molar-refractivity contribution in [2.45, 2.75) is 18.3 Å². The lowest BCUT2D eigenvalue weighted by Gasteiger charge is -2.12. The second kappa shape index (κ2) is 3.29. The van der Waals surface area contributed by atoms with Crippen molar-refractivity contribution in [3.8, 4) is 11.8 Å². The fourth-order valence-electron chi connectivity index (χ4n) is 1.62. The summed E-state index contributed by atoms with van der Waals surface area (Å²) in [6.07, 6.45) is 1.88. The van der Waals surface area contributed by atoms with Gasteiger partial charge in [0.25, 0.3) is 0 Å². The van der Waals surface area contributed by atoms with Crippen LogP contribution in [0.3, 0.4) is 0 Å². The average Bonchev–Trinajstić information content (AvgIpc) is 2.98. The maximum absolute atomic E-state index is 9.10. The SMILES string of the molecule is COc1ccc(Br)cc1C1(C#N)CC1. The van der Waals surface area contributed by atoms with Gasteiger partial charge in [0.05, 0.1) is 18.6 Å². The molecule has 0 saturated heterocycles. The van der Waals surface area contributed by atoms with Crippen molar-refractivity contribution in [1.82, 2.24) is 0 Å². The Hall–Kier alpha value is -1.01. The third-order valence-electron chi connectivity index (χ3n) is 2.64. The van der Waals surface area contributed by atoms with Gasteiger partial charge in [0.1, 0.15) is 5.75 Å². The van der Waals surface area contributed by atoms with E-state index >= 15 is 0 Å². The second-order valence-electron chi connectivity index (χ2n) is 3.54. The van der Waals surface area contributed by atoms with E-state index in [1.54, 1.807) is 7.11 Å². The first-order chi connectivity index (χ1) is 6.72. The molecule has 0 N–H and O–H groups in total. The van der Waals surface area contributed by atoms with Crippen LogP contribution in [0.1, 0.15) is 18.4 Å². The largest absolute Gasteiger partial charge is 0.496 e. The molecule has 0 unspecified atom stereocenters. The first-order valence-corrected chi connectivity index (χ1v) is 5.26. The van der Waals surface area contributed by atoms with Gasteiger partial charge in [-0.2, -0.15) is 5.26 Å². The maximum Gasteiger partial charge on any atom is 0.123 e. The molecule has 2 nitrogen and oxygen atoms in total. The molecule has 0 radical (unpaired) electrons. The van der Waals surface area contributed by atoms with Crippen LogP contribution in [0, 0.1) is 11.3 Å². The van der Waals surface area contributed by atoms with Crippen LogP contribution in [-0.4, -0.2) is 7.11 Å². The molecule has 14 heavy (non-hydrogen) atoms. The summed E-state index contributed by atoms with van der Waals surface area (Å²) in [5, 5.41) is 9.10. The van der Waals surface area contributed by atoms with Crippen LogP contribution >= 0.6 is 15.9 Å². The Morgan fingerprint density at radius 3 is 2.71 bits per heavy atom. The Labute approximate surface area is 91.6 Å². The van der Waals surface area contributed by atoms with Gasteiger partial charge in [-0.15, -0.1) is 0 Å². The van der Waals surface area contributed by atoms with Crippen molar-refractivity contribution in [3.05, 3.63) is 28.2 Å². The van der Waals surface area contributed by atoms with Gasteiger partial charge in [0, 0.05) is 10.0 Å². The van der Waals surface area contributed by atoms with Gasteiger partial charge >= 0.3 is 0 Å². The Morgan fingerprint density at radius 2 is 2.21 bits per heavy atom. The molecule has 0 aromatic heterocycles. The topological polar surface area (TPSA) is 33.0 Å². The van der Waals surface area contributed by atoms with Crippen LogP contribution in [0.4, 0.5) is 0 Å². The lowest BCUT2D eigenvalue weighted by molar-refractivity contribution is 0.407. The summed E-state index contributed by atoms with van der Waals surface area (Å²) in [5.74, 6) is 0.812. The number of hydrogen-bond acceptors (Lipinski definition) is 2. The van der Waals surface area contributed by atoms with E-state index in [9.17, 15) is 0 Å². The Bertz CT molecular complexity index is 404. The van der Waals surface area contributed by atoms with Gasteiger partial charge in [0.2, 0.25) is 0 Å². The van der Waals surface area contributed by atoms with Gasteiger partial charge in [0.15, 0.2) is 0 Å². The van der Waals surface area contributed by atoms with Gasteiger partial charge in [-0.05, 0) is 31.0 Å². The molecule has 3 heteroatoms. The van der Waals surface area contributed by atoms with Crippen LogP contribution in [0.5, 0.6) is 5.75 Å². The Morgan fingerprint density at radius 1 is 1.50 bits per heavy atom. The minimum absolute atomic E-state index is 0.283. The van der Waals surface area contributed by atoms with Crippen molar-refractivity contribution in [1.29, 1.82) is 5.26 Å². The number of nitrogens with zero attached hydrogens (tertiary/aromatic N) is 1. The van der Waals surface area contributed by atoms with Crippen LogP contribution in [0.2, 0.25) is 0 Å². The van der Waals surface area contributed by atoms with E-state index in [1.807, 2.05) is 18.2 Å². The smallest absolute Gasteiger partial charge is 0.123 e. The molecule has 1 aromatic carbocycles. The number of rotatable bonds is 2. The normalized spacial score (nSPS) is 17.2. The number of ether oxygens (including phenoxy) is 1. The molecule has 0 spiro atoms. The summed E-state index contributed by atoms with van der Waals surface area (Å²) >= 11 is 3.41. The van der Waals surface area contributed by atoms with Crippen molar-refractivity contribution in [2.24, 2.45) is 0 Å². The lowest BCUT2D eigenvalue weighted by Crippen LogP contribution is -2.05. The fourth-order valence-corrected chi connectivity index (χ4v) is 1.98. The van der Waals surface area contributed by atoms with Crippen molar-refractivity contribution in [2.75, 3.05) is 7.11 Å². The molecule has 1 aromatic rings. The van der Waals surface area contributed by atoms with Gasteiger partial charge in [-0.1, -0.05) is 15.9 Å². The Kier molecular flexibility index (Phi) is 2.24. The van der Waals surface area contributed by atoms with Gasteiger partial charge in [-0.25, -0.2) is 0 Å². The fraction of sp³-hybridized carbons (Fsp3) is 0.364. The minimum atomic E-state index is -0.283. The molecular weight excluding hydrogens is 242 g/mol. The second-order valence-corrected chi connectivity index (χ2v) is 4.45. The highest BCUT2D eigenvalue weighted by Crippen LogP contribution is 2.51. The third kappa shape index (κ3) is 1.40. The molecular formula is C11H10BrNO. The molecule has 2 rings (SSSR count). The highest BCUT2D eigenvalue weighted by Gasteiger charge is 2.46. The number of nitriles is 1. The van der Waals surface area contributed by atoms with Crippen molar-refractivity contribution >= 4 is 15.9 Å². The molecule has 1 aliphatic carbocycles. The summed E-state index contributed by atoms with van der Waals surface area (Å²) < 4.78 is 6.25. The number of methoxy groups -OCH3 is 1. The molecule has 0 aliphatic heterocycles. The van der Waals surface area contributed by atoms with E-state index in [0.717, 1.165) is 28.6 Å². The average molecular weight is 252 g/mol. The molecule has 0 atom stereocenters. The predicted molar refractivity (Wildman–Crippen MR) is 57.2 cm³/mol. The van der Waals surface area contributed by atoms with Crippen LogP contribution in [-0.2, 0) is 5.41 Å². The summed E-state index contributed by atoms with van der Waals surface area (Å²) in [5.41, 5.74) is 0.728. The van der Waals surface area contributed by atoms with E-state index in [4.69, 9.17) is 10.00 Å². The van der Waals surface area contributed by atoms with E-state index in [2.05, 4.69) is 22.0 Å². The van der Waals surface area contributed by atoms with E-state index in [-0.39, 0.29) is 5.41 Å². The maximum atomic E-state index is 9.10. The molecule has 0 amide bonds. The predicted octanol–water partition coefficient (Wildman–Crippen LogP) is 3.01. The molecule has 1 fully saturated rings. The summed E-state index contributed by atoms with van der Waals surface area (Å²) in [7, 11) is 1.64. The molecule has 0 heterocycles. The van der Waals surface area contributed by atoms with E-state index in [0.29, 0.717) is 0 Å². The van der Waals surface area contributed by atoms with E-state index in [1.165, 1.54) is 0 Å². The van der Waals surface area contributed by atoms with Gasteiger partial charge < -0.3 is 4.74 Å². The quantitative estimate of drug-likeness (QED) is 0.810. The molecule has 0 bridgehead atoms. The highest BCUT2D eigenvalue weighted by molar-refractivity contribution is 9.10. The first-order valence-electron chi connectivity index (χ1n) is 4.47. The third-order valence-corrected chi connectivity index (χ3v) is 3.13. The number of halogens is 1. The lowest BCUT2D eigenvalue weighted by atomic mass is 9.97. The van der Waals surface area contributed by atoms with Gasteiger partial charge in [-0.3, -0.25) is 0 Å². The number of hydrogen-bond donors (Lipinski definition) is 0. The summed E-state index contributed by atoms with van der Waals surface area (Å²) in [4.78, 5) is 0. The standard InChI is InChI=1S/C11H10BrNO/c1-14-10-3-2-8(12)6-9(10)11(7-13)4-5-11/h2-3,6H,4-5H2,1H3. The monoisotopic (exact) mass is 251 g/mol. The molecule has 1 aliphatic rings. The zero-order valence-corrected chi connectivity index (χ0v) is 9.47. The first kappa shape index (κ1) is 9.54. The van der Waals surface area contributed by atoms with Crippen molar-refractivity contribution < 1.29 is 4.74 Å². The highest BCUT2D eigenvalue weighted by atomic mass is 79.9. The minimum Gasteiger partial charge on any atom is -0.496 e. The summed E-state index contributed by atoms with van der Waals surface area (Å²) in [6.45, 7) is 0. The molecule has 1 saturated carbocycles. The molecule has 72 valence electrons.